The van der Waals surface area contributed by atoms with E-state index in [0.717, 1.165) is 12.1 Å². The highest BCUT2D eigenvalue weighted by molar-refractivity contribution is 7.08. The molecule has 0 aromatic carbocycles. The van der Waals surface area contributed by atoms with E-state index < -0.39 is 0 Å². The summed E-state index contributed by atoms with van der Waals surface area (Å²) in [4.78, 5) is 4.34. The Kier molecular flexibility index (Phi) is 5.05. The van der Waals surface area contributed by atoms with E-state index in [-0.39, 0.29) is 0 Å². The van der Waals surface area contributed by atoms with Gasteiger partial charge in [0.2, 0.25) is 0 Å². The van der Waals surface area contributed by atoms with Crippen molar-refractivity contribution in [2.75, 3.05) is 0 Å². The largest absolute Gasteiger partial charge is 0.256 e. The highest BCUT2D eigenvalue weighted by Crippen LogP contribution is 2.20. The first-order chi connectivity index (χ1) is 7.40. The van der Waals surface area contributed by atoms with Crippen LogP contribution in [0.1, 0.15) is 26.3 Å². The second-order valence-corrected chi connectivity index (χ2v) is 3.69. The zero-order valence-electron chi connectivity index (χ0n) is 9.53. The number of aromatic nitrogens is 1. The lowest BCUT2D eigenvalue weighted by Crippen LogP contribution is -1.84. The highest BCUT2D eigenvalue weighted by Gasteiger charge is 1.99. The van der Waals surface area contributed by atoms with Crippen LogP contribution in [0.5, 0.6) is 0 Å². The average Bonchev–Trinajstić information content (AvgIpc) is 2.85. The van der Waals surface area contributed by atoms with Crippen LogP contribution in [0.3, 0.4) is 0 Å². The van der Waals surface area contributed by atoms with Crippen molar-refractivity contribution in [1.82, 2.24) is 4.98 Å². The van der Waals surface area contributed by atoms with Gasteiger partial charge in [-0.05, 0) is 35.6 Å². The fourth-order valence-corrected chi connectivity index (χ4v) is 1.91. The molecular formula is C13H17NS. The maximum Gasteiger partial charge on any atom is 0.0713 e. The average molecular weight is 219 g/mol. The van der Waals surface area contributed by atoms with E-state index in [2.05, 4.69) is 40.9 Å². The number of aryl methyl sites for hydroxylation is 1. The van der Waals surface area contributed by atoms with E-state index in [1.165, 1.54) is 11.1 Å². The van der Waals surface area contributed by atoms with E-state index in [9.17, 15) is 0 Å². The number of rotatable bonds is 2. The van der Waals surface area contributed by atoms with Crippen LogP contribution in [-0.2, 0) is 6.42 Å². The Morgan fingerprint density at radius 1 is 1.27 bits per heavy atom. The summed E-state index contributed by atoms with van der Waals surface area (Å²) in [5.41, 5.74) is 3.65. The molecule has 15 heavy (non-hydrogen) atoms. The summed E-state index contributed by atoms with van der Waals surface area (Å²) < 4.78 is 0. The van der Waals surface area contributed by atoms with E-state index in [4.69, 9.17) is 0 Å². The van der Waals surface area contributed by atoms with Gasteiger partial charge in [-0.3, -0.25) is 4.98 Å². The van der Waals surface area contributed by atoms with Crippen molar-refractivity contribution in [3.05, 3.63) is 40.7 Å². The molecule has 2 rings (SSSR count). The maximum absolute atomic E-state index is 4.34. The third-order valence-electron chi connectivity index (χ3n) is 2.05. The molecule has 2 aromatic heterocycles. The van der Waals surface area contributed by atoms with Gasteiger partial charge in [-0.25, -0.2) is 0 Å². The predicted molar refractivity (Wildman–Crippen MR) is 68.3 cm³/mol. The molecule has 0 radical (unpaired) electrons. The van der Waals surface area contributed by atoms with Crippen molar-refractivity contribution in [2.24, 2.45) is 0 Å². The normalized spacial score (nSPS) is 9.27. The molecule has 1 nitrogen and oxygen atoms in total. The molecule has 0 saturated carbocycles. The van der Waals surface area contributed by atoms with Gasteiger partial charge in [-0.2, -0.15) is 11.3 Å². The molecule has 0 unspecified atom stereocenters. The molecular weight excluding hydrogens is 202 g/mol. The van der Waals surface area contributed by atoms with Crippen LogP contribution in [-0.4, -0.2) is 4.98 Å². The summed E-state index contributed by atoms with van der Waals surface area (Å²) in [6.45, 7) is 6.16. The van der Waals surface area contributed by atoms with Crippen molar-refractivity contribution >= 4 is 11.3 Å². The molecule has 80 valence electrons. The quantitative estimate of drug-likeness (QED) is 0.729. The molecule has 0 aliphatic carbocycles. The van der Waals surface area contributed by atoms with Gasteiger partial charge in [-0.1, -0.05) is 20.8 Å². The third kappa shape index (κ3) is 3.17. The van der Waals surface area contributed by atoms with Gasteiger partial charge in [0.05, 0.1) is 5.69 Å². The molecule has 0 spiro atoms. The minimum Gasteiger partial charge on any atom is -0.256 e. The van der Waals surface area contributed by atoms with Crippen molar-refractivity contribution in [3.8, 4) is 11.3 Å². The van der Waals surface area contributed by atoms with Crippen LogP contribution < -0.4 is 0 Å². The van der Waals surface area contributed by atoms with Crippen LogP contribution >= 0.6 is 11.3 Å². The van der Waals surface area contributed by atoms with E-state index in [0.29, 0.717) is 0 Å². The molecule has 0 amide bonds. The lowest BCUT2D eigenvalue weighted by Gasteiger charge is -1.99. The minimum atomic E-state index is 1.07. The molecule has 0 saturated heterocycles. The molecule has 0 bridgehead atoms. The summed E-state index contributed by atoms with van der Waals surface area (Å²) in [6, 6.07) is 6.32. The molecule has 0 fully saturated rings. The van der Waals surface area contributed by atoms with Gasteiger partial charge >= 0.3 is 0 Å². The maximum atomic E-state index is 4.34. The Bertz CT molecular complexity index is 379. The predicted octanol–water partition coefficient (Wildman–Crippen LogP) is 4.40. The van der Waals surface area contributed by atoms with Crippen LogP contribution in [0, 0.1) is 0 Å². The fourth-order valence-electron chi connectivity index (χ4n) is 1.26. The molecule has 0 aliphatic rings. The molecule has 0 aliphatic heterocycles. The number of pyridine rings is 1. The lowest BCUT2D eigenvalue weighted by atomic mass is 10.1. The number of nitrogens with zero attached hydrogens (tertiary/aromatic N) is 1. The second-order valence-electron chi connectivity index (χ2n) is 2.91. The molecule has 0 N–H and O–H groups in total. The topological polar surface area (TPSA) is 12.9 Å². The Labute approximate surface area is 95.8 Å². The zero-order valence-corrected chi connectivity index (χ0v) is 10.3. The first-order valence-corrected chi connectivity index (χ1v) is 6.32. The Balaban J connectivity index is 0.000000531. The summed E-state index contributed by atoms with van der Waals surface area (Å²) >= 11 is 1.71. The van der Waals surface area contributed by atoms with Crippen LogP contribution in [0.4, 0.5) is 0 Å². The lowest BCUT2D eigenvalue weighted by molar-refractivity contribution is 1.12. The summed E-state index contributed by atoms with van der Waals surface area (Å²) in [5, 5.41) is 4.21. The first kappa shape index (κ1) is 11.9. The SMILES string of the molecule is CC.CCc1ccnc(-c2ccsc2)c1. The number of hydrogen-bond donors (Lipinski definition) is 0. The third-order valence-corrected chi connectivity index (χ3v) is 2.73. The monoisotopic (exact) mass is 219 g/mol. The van der Waals surface area contributed by atoms with Crippen molar-refractivity contribution < 1.29 is 0 Å². The zero-order chi connectivity index (χ0) is 11.1. The van der Waals surface area contributed by atoms with Crippen LogP contribution in [0.25, 0.3) is 11.3 Å². The van der Waals surface area contributed by atoms with Gasteiger partial charge in [0.1, 0.15) is 0 Å². The van der Waals surface area contributed by atoms with Crippen molar-refractivity contribution in [2.45, 2.75) is 27.2 Å². The standard InChI is InChI=1S/C11H11NS.C2H6/c1-2-9-3-5-12-11(7-9)10-4-6-13-8-10;1-2/h3-8H,2H2,1H3;1-2H3. The van der Waals surface area contributed by atoms with Gasteiger partial charge in [-0.15, -0.1) is 0 Å². The summed E-state index contributed by atoms with van der Waals surface area (Å²) in [5.74, 6) is 0. The van der Waals surface area contributed by atoms with E-state index in [1.807, 2.05) is 20.0 Å². The Morgan fingerprint density at radius 3 is 2.67 bits per heavy atom. The van der Waals surface area contributed by atoms with Crippen molar-refractivity contribution in [3.63, 3.8) is 0 Å². The van der Waals surface area contributed by atoms with E-state index >= 15 is 0 Å². The smallest absolute Gasteiger partial charge is 0.0713 e. The minimum absolute atomic E-state index is 1.07. The van der Waals surface area contributed by atoms with Gasteiger partial charge in [0, 0.05) is 17.1 Å². The number of hydrogen-bond acceptors (Lipinski definition) is 2. The first-order valence-electron chi connectivity index (χ1n) is 5.37. The van der Waals surface area contributed by atoms with Gasteiger partial charge in [0.15, 0.2) is 0 Å². The molecule has 2 aromatic rings. The summed E-state index contributed by atoms with van der Waals surface area (Å²) in [7, 11) is 0. The Morgan fingerprint density at radius 2 is 2.07 bits per heavy atom. The van der Waals surface area contributed by atoms with Gasteiger partial charge < -0.3 is 0 Å². The second kappa shape index (κ2) is 6.36. The van der Waals surface area contributed by atoms with Crippen LogP contribution in [0.2, 0.25) is 0 Å². The van der Waals surface area contributed by atoms with Crippen LogP contribution in [0.15, 0.2) is 35.2 Å². The van der Waals surface area contributed by atoms with Crippen molar-refractivity contribution in [1.29, 1.82) is 0 Å². The Hall–Kier alpha value is -1.15. The highest BCUT2D eigenvalue weighted by atomic mass is 32.1. The molecule has 2 heterocycles. The number of thiophene rings is 1. The summed E-state index contributed by atoms with van der Waals surface area (Å²) in [6.07, 6.45) is 2.95. The molecule has 2 heteroatoms. The molecule has 0 atom stereocenters. The van der Waals surface area contributed by atoms with Gasteiger partial charge in [0.25, 0.3) is 0 Å². The van der Waals surface area contributed by atoms with E-state index in [1.54, 1.807) is 11.3 Å². The fraction of sp³-hybridized carbons (Fsp3) is 0.308.